The van der Waals surface area contributed by atoms with Gasteiger partial charge in [-0.15, -0.1) is 0 Å². The van der Waals surface area contributed by atoms with Gasteiger partial charge in [0.1, 0.15) is 0 Å². The van der Waals surface area contributed by atoms with Gasteiger partial charge in [0.05, 0.1) is 17.3 Å². The van der Waals surface area contributed by atoms with Crippen molar-refractivity contribution >= 4 is 5.71 Å². The number of benzene rings is 1. The zero-order chi connectivity index (χ0) is 9.26. The van der Waals surface area contributed by atoms with Gasteiger partial charge in [-0.2, -0.15) is 5.26 Å². The highest BCUT2D eigenvalue weighted by Crippen LogP contribution is 2.25. The molecule has 1 N–H and O–H groups in total. The average molecular weight is 172 g/mol. The smallest absolute Gasteiger partial charge is 0.0994 e. The molecule has 13 heavy (non-hydrogen) atoms. The third-order valence-corrected chi connectivity index (χ3v) is 2.34. The van der Waals surface area contributed by atoms with Crippen LogP contribution >= 0.6 is 0 Å². The van der Waals surface area contributed by atoms with E-state index >= 15 is 0 Å². The molecule has 0 aliphatic heterocycles. The molecule has 0 radical (unpaired) electrons. The van der Waals surface area contributed by atoms with Crippen LogP contribution in [0.2, 0.25) is 0 Å². The maximum Gasteiger partial charge on any atom is 0.0994 e. The minimum atomic E-state index is 0.687. The molecule has 0 atom stereocenters. The Kier molecular flexibility index (Phi) is 1.75. The molecule has 0 unspecified atom stereocenters. The second kappa shape index (κ2) is 2.91. The van der Waals surface area contributed by atoms with Gasteiger partial charge in [0.2, 0.25) is 0 Å². The Labute approximate surface area is 75.9 Å². The summed E-state index contributed by atoms with van der Waals surface area (Å²) in [7, 11) is 0. The van der Waals surface area contributed by atoms with E-state index in [4.69, 9.17) is 10.5 Å². The van der Waals surface area contributed by atoms with Crippen molar-refractivity contribution in [3.63, 3.8) is 0 Å². The molecule has 1 aromatic carbocycles. The summed E-state index contributed by atoms with van der Waals surface area (Å²) in [5.41, 5.74) is 3.31. The minimum Gasteiger partial charge on any atom is -0.411 e. The lowest BCUT2D eigenvalue weighted by molar-refractivity contribution is 0.318. The molecule has 0 aromatic heterocycles. The van der Waals surface area contributed by atoms with Crippen LogP contribution in [0.15, 0.2) is 23.4 Å². The van der Waals surface area contributed by atoms with Crippen LogP contribution in [-0.2, 0) is 6.42 Å². The zero-order valence-corrected chi connectivity index (χ0v) is 6.99. The quantitative estimate of drug-likeness (QED) is 0.478. The van der Waals surface area contributed by atoms with E-state index in [1.165, 1.54) is 0 Å². The van der Waals surface area contributed by atoms with E-state index in [2.05, 4.69) is 11.2 Å². The van der Waals surface area contributed by atoms with Crippen LogP contribution in [0.4, 0.5) is 0 Å². The Bertz CT molecular complexity index is 415. The van der Waals surface area contributed by atoms with Crippen LogP contribution in [0.3, 0.4) is 0 Å². The van der Waals surface area contributed by atoms with Gasteiger partial charge in [0, 0.05) is 5.56 Å². The third kappa shape index (κ3) is 1.07. The second-order valence-electron chi connectivity index (χ2n) is 2.99. The topological polar surface area (TPSA) is 56.4 Å². The normalized spacial score (nSPS) is 17.0. The van der Waals surface area contributed by atoms with Gasteiger partial charge >= 0.3 is 0 Å². The van der Waals surface area contributed by atoms with Crippen LogP contribution in [0.25, 0.3) is 0 Å². The molecule has 1 aliphatic carbocycles. The molecule has 0 fully saturated rings. The highest BCUT2D eigenvalue weighted by molar-refractivity contribution is 6.04. The lowest BCUT2D eigenvalue weighted by Crippen LogP contribution is -1.94. The van der Waals surface area contributed by atoms with Crippen LogP contribution in [0.1, 0.15) is 23.1 Å². The van der Waals surface area contributed by atoms with Gasteiger partial charge in [-0.1, -0.05) is 17.3 Å². The minimum absolute atomic E-state index is 0.687. The van der Waals surface area contributed by atoms with Crippen molar-refractivity contribution in [3.8, 4) is 6.07 Å². The van der Waals surface area contributed by atoms with Crippen molar-refractivity contribution in [2.45, 2.75) is 12.8 Å². The van der Waals surface area contributed by atoms with Crippen molar-refractivity contribution in [1.29, 1.82) is 5.26 Å². The van der Waals surface area contributed by atoms with E-state index in [1.54, 1.807) is 6.07 Å². The summed E-state index contributed by atoms with van der Waals surface area (Å²) in [6.07, 6.45) is 1.53. The molecule has 0 amide bonds. The van der Waals surface area contributed by atoms with Crippen molar-refractivity contribution in [2.24, 2.45) is 5.16 Å². The van der Waals surface area contributed by atoms with E-state index < -0.39 is 0 Å². The fourth-order valence-corrected chi connectivity index (χ4v) is 1.71. The van der Waals surface area contributed by atoms with Gasteiger partial charge in [-0.25, -0.2) is 0 Å². The number of oxime groups is 1. The molecule has 0 bridgehead atoms. The predicted molar refractivity (Wildman–Crippen MR) is 47.8 cm³/mol. The van der Waals surface area contributed by atoms with Crippen LogP contribution in [0, 0.1) is 11.3 Å². The Balaban J connectivity index is 2.64. The molecule has 0 saturated heterocycles. The first-order chi connectivity index (χ1) is 6.36. The molecule has 64 valence electrons. The van der Waals surface area contributed by atoms with E-state index in [9.17, 15) is 0 Å². The summed E-state index contributed by atoms with van der Waals surface area (Å²) in [4.78, 5) is 0. The summed E-state index contributed by atoms with van der Waals surface area (Å²) >= 11 is 0. The molecular formula is C10H8N2O. The number of nitriles is 1. The van der Waals surface area contributed by atoms with Crippen molar-refractivity contribution in [1.82, 2.24) is 0 Å². The van der Waals surface area contributed by atoms with E-state index in [0.29, 0.717) is 11.3 Å². The lowest BCUT2D eigenvalue weighted by atomic mass is 10.0. The monoisotopic (exact) mass is 172 g/mol. The Hall–Kier alpha value is -1.82. The molecule has 2 rings (SSSR count). The van der Waals surface area contributed by atoms with Crippen molar-refractivity contribution < 1.29 is 5.21 Å². The molecule has 3 nitrogen and oxygen atoms in total. The first-order valence-corrected chi connectivity index (χ1v) is 4.10. The predicted octanol–water partition coefficient (Wildman–Crippen LogP) is 1.68. The first kappa shape index (κ1) is 7.81. The molecular weight excluding hydrogens is 164 g/mol. The van der Waals surface area contributed by atoms with Gasteiger partial charge in [0.25, 0.3) is 0 Å². The van der Waals surface area contributed by atoms with Gasteiger partial charge in [-0.05, 0) is 24.5 Å². The Morgan fingerprint density at radius 1 is 1.38 bits per heavy atom. The molecule has 0 spiro atoms. The van der Waals surface area contributed by atoms with Gasteiger partial charge in [0.15, 0.2) is 0 Å². The number of rotatable bonds is 0. The first-order valence-electron chi connectivity index (χ1n) is 4.10. The highest BCUT2D eigenvalue weighted by Gasteiger charge is 2.20. The summed E-state index contributed by atoms with van der Waals surface area (Å²) in [5.74, 6) is 0. The molecule has 1 aromatic rings. The van der Waals surface area contributed by atoms with E-state index in [0.717, 1.165) is 24.0 Å². The van der Waals surface area contributed by atoms with Crippen LogP contribution in [-0.4, -0.2) is 10.9 Å². The molecule has 0 heterocycles. The van der Waals surface area contributed by atoms with E-state index in [-0.39, 0.29) is 0 Å². The zero-order valence-electron chi connectivity index (χ0n) is 6.99. The van der Waals surface area contributed by atoms with Crippen LogP contribution in [0.5, 0.6) is 0 Å². The fourth-order valence-electron chi connectivity index (χ4n) is 1.71. The lowest BCUT2D eigenvalue weighted by Gasteiger charge is -1.99. The molecule has 3 heteroatoms. The summed E-state index contributed by atoms with van der Waals surface area (Å²) in [5, 5.41) is 20.7. The summed E-state index contributed by atoms with van der Waals surface area (Å²) < 4.78 is 0. The number of hydrogen-bond donors (Lipinski definition) is 1. The third-order valence-electron chi connectivity index (χ3n) is 2.34. The standard InChI is InChI=1S/C10H8N2O/c11-6-7-2-1-3-9-8(7)4-5-10(9)12-13/h1-3,13H,4-5H2/b12-10+. The number of nitrogens with zero attached hydrogens (tertiary/aromatic N) is 2. The maximum atomic E-state index is 8.81. The fraction of sp³-hybridized carbons (Fsp3) is 0.200. The second-order valence-corrected chi connectivity index (χ2v) is 2.99. The molecule has 1 aliphatic rings. The Morgan fingerprint density at radius 2 is 2.23 bits per heavy atom. The van der Waals surface area contributed by atoms with Crippen molar-refractivity contribution in [2.75, 3.05) is 0 Å². The summed E-state index contributed by atoms with van der Waals surface area (Å²) in [6, 6.07) is 7.63. The number of hydrogen-bond acceptors (Lipinski definition) is 3. The average Bonchev–Trinajstić information content (AvgIpc) is 2.60. The van der Waals surface area contributed by atoms with Crippen molar-refractivity contribution in [3.05, 3.63) is 34.9 Å². The van der Waals surface area contributed by atoms with Crippen LogP contribution < -0.4 is 0 Å². The SMILES string of the molecule is N#Cc1cccc2c1CC/C2=N\O. The summed E-state index contributed by atoms with van der Waals surface area (Å²) in [6.45, 7) is 0. The van der Waals surface area contributed by atoms with Gasteiger partial charge in [-0.3, -0.25) is 0 Å². The Morgan fingerprint density at radius 3 is 2.92 bits per heavy atom. The number of fused-ring (bicyclic) bond motifs is 1. The largest absolute Gasteiger partial charge is 0.411 e. The molecule has 0 saturated carbocycles. The highest BCUT2D eigenvalue weighted by atomic mass is 16.4. The van der Waals surface area contributed by atoms with Gasteiger partial charge < -0.3 is 5.21 Å². The maximum absolute atomic E-state index is 8.81. The van der Waals surface area contributed by atoms with E-state index in [1.807, 2.05) is 12.1 Å².